The van der Waals surface area contributed by atoms with E-state index in [-0.39, 0.29) is 5.41 Å². The Kier molecular flexibility index (Phi) is 6.37. The van der Waals surface area contributed by atoms with Crippen LogP contribution in [0, 0.1) is 17.8 Å². The third-order valence-corrected chi connectivity index (χ3v) is 9.35. The first-order valence-corrected chi connectivity index (χ1v) is 14.7. The number of anilines is 2. The molecule has 2 unspecified atom stereocenters. The second-order valence-electron chi connectivity index (χ2n) is 13.6. The summed E-state index contributed by atoms with van der Waals surface area (Å²) in [6.45, 7) is 11.9. The van der Waals surface area contributed by atoms with Crippen molar-refractivity contribution in [1.29, 1.82) is 0 Å². The Balaban J connectivity index is 1.44. The largest absolute Gasteiger partial charge is 0.355 e. The van der Waals surface area contributed by atoms with Gasteiger partial charge in [-0.1, -0.05) is 107 Å². The Bertz CT molecular complexity index is 1440. The van der Waals surface area contributed by atoms with Gasteiger partial charge in [-0.3, -0.25) is 0 Å². The van der Waals surface area contributed by atoms with E-state index in [1.54, 1.807) is 0 Å². The van der Waals surface area contributed by atoms with Crippen LogP contribution in [0.2, 0.25) is 0 Å². The van der Waals surface area contributed by atoms with Crippen LogP contribution in [0.4, 0.5) is 11.4 Å². The van der Waals surface area contributed by atoms with Gasteiger partial charge in [0.1, 0.15) is 0 Å². The molecule has 0 heterocycles. The molecule has 2 saturated carbocycles. The van der Waals surface area contributed by atoms with Gasteiger partial charge in [0.15, 0.2) is 0 Å². The number of hydrogen-bond acceptors (Lipinski definition) is 1. The Labute approximate surface area is 229 Å². The molecule has 0 spiro atoms. The van der Waals surface area contributed by atoms with E-state index in [1.807, 2.05) is 0 Å². The maximum atomic E-state index is 3.97. The summed E-state index contributed by atoms with van der Waals surface area (Å²) in [5.74, 6) is 2.47. The summed E-state index contributed by atoms with van der Waals surface area (Å²) in [4.78, 5) is 0. The number of rotatable bonds is 4. The average Bonchev–Trinajstić information content (AvgIpc) is 2.87. The number of para-hydroxylation sites is 2. The molecule has 0 radical (unpaired) electrons. The third-order valence-electron chi connectivity index (χ3n) is 9.35. The maximum absolute atomic E-state index is 3.97. The maximum Gasteiger partial charge on any atom is 0.0464 e. The fourth-order valence-corrected chi connectivity index (χ4v) is 8.25. The SMILES string of the molecule is CC1C[C@H]2C[C@@H](C)CC(c3ccccc3Nc3ccccc3-c3ccc(C(C)(C)C)c4ccccc34)(C1)C2. The summed E-state index contributed by atoms with van der Waals surface area (Å²) in [6, 6.07) is 31.7. The molecule has 6 rings (SSSR count). The zero-order chi connectivity index (χ0) is 26.5. The van der Waals surface area contributed by atoms with Gasteiger partial charge in [-0.2, -0.15) is 0 Å². The van der Waals surface area contributed by atoms with E-state index in [4.69, 9.17) is 0 Å². The second-order valence-corrected chi connectivity index (χ2v) is 13.6. The molecule has 38 heavy (non-hydrogen) atoms. The lowest BCUT2D eigenvalue weighted by molar-refractivity contribution is 0.0785. The minimum Gasteiger partial charge on any atom is -0.355 e. The normalized spacial score (nSPS) is 25.3. The Morgan fingerprint density at radius 2 is 1.24 bits per heavy atom. The van der Waals surface area contributed by atoms with Crippen LogP contribution in [0.1, 0.15) is 77.8 Å². The first kappa shape index (κ1) is 25.2. The molecule has 2 fully saturated rings. The van der Waals surface area contributed by atoms with Gasteiger partial charge >= 0.3 is 0 Å². The molecule has 4 aromatic rings. The van der Waals surface area contributed by atoms with Gasteiger partial charge in [0.05, 0.1) is 0 Å². The molecular formula is C37H43N. The summed E-state index contributed by atoms with van der Waals surface area (Å²) in [5, 5.41) is 6.65. The molecule has 0 saturated heterocycles. The van der Waals surface area contributed by atoms with Gasteiger partial charge < -0.3 is 5.32 Å². The number of hydrogen-bond donors (Lipinski definition) is 1. The van der Waals surface area contributed by atoms with Gasteiger partial charge in [-0.25, -0.2) is 0 Å². The zero-order valence-corrected chi connectivity index (χ0v) is 23.9. The van der Waals surface area contributed by atoms with Gasteiger partial charge in [-0.05, 0) is 100 Å². The minimum absolute atomic E-state index is 0.0975. The van der Waals surface area contributed by atoms with Crippen LogP contribution in [0.3, 0.4) is 0 Å². The summed E-state index contributed by atoms with van der Waals surface area (Å²) < 4.78 is 0. The summed E-state index contributed by atoms with van der Waals surface area (Å²) in [6.07, 6.45) is 6.78. The highest BCUT2D eigenvalue weighted by molar-refractivity contribution is 6.02. The van der Waals surface area contributed by atoms with Crippen LogP contribution in [-0.4, -0.2) is 0 Å². The standard InChI is InChI=1S/C37H43N/c1-25-20-27-21-26(2)23-37(22-25,24-27)33-15-9-11-17-35(33)38-34-16-10-8-14-31(34)29-18-19-32(36(3,4)5)30-13-7-6-12-28(29)30/h6-19,25-27,38H,20-24H2,1-5H3/t25-,26?,27-,37?/m1/s1. The van der Waals surface area contributed by atoms with E-state index in [0.29, 0.717) is 5.41 Å². The van der Waals surface area contributed by atoms with Crippen LogP contribution in [0.25, 0.3) is 21.9 Å². The first-order valence-electron chi connectivity index (χ1n) is 14.7. The van der Waals surface area contributed by atoms with E-state index in [1.165, 1.54) is 76.5 Å². The molecule has 0 amide bonds. The van der Waals surface area contributed by atoms with Crippen molar-refractivity contribution in [3.63, 3.8) is 0 Å². The highest BCUT2D eigenvalue weighted by Gasteiger charge is 2.46. The van der Waals surface area contributed by atoms with Crippen molar-refractivity contribution in [2.45, 2.75) is 77.6 Å². The molecular weight excluding hydrogens is 458 g/mol. The molecule has 1 heteroatoms. The predicted molar refractivity (Wildman–Crippen MR) is 164 cm³/mol. The smallest absolute Gasteiger partial charge is 0.0464 e. The third kappa shape index (κ3) is 4.55. The van der Waals surface area contributed by atoms with Crippen molar-refractivity contribution in [3.05, 3.63) is 96.1 Å². The predicted octanol–water partition coefficient (Wildman–Crippen LogP) is 10.7. The first-order chi connectivity index (χ1) is 18.2. The van der Waals surface area contributed by atoms with Gasteiger partial charge in [0.2, 0.25) is 0 Å². The fraction of sp³-hybridized carbons (Fsp3) is 0.405. The molecule has 4 atom stereocenters. The van der Waals surface area contributed by atoms with Crippen molar-refractivity contribution in [2.75, 3.05) is 5.32 Å². The fourth-order valence-electron chi connectivity index (χ4n) is 8.25. The van der Waals surface area contributed by atoms with Crippen molar-refractivity contribution in [2.24, 2.45) is 17.8 Å². The zero-order valence-electron chi connectivity index (χ0n) is 23.9. The summed E-state index contributed by atoms with van der Waals surface area (Å²) in [7, 11) is 0. The van der Waals surface area contributed by atoms with Gasteiger partial charge in [0.25, 0.3) is 0 Å². The van der Waals surface area contributed by atoms with Crippen LogP contribution in [0.5, 0.6) is 0 Å². The van der Waals surface area contributed by atoms with Gasteiger partial charge in [0, 0.05) is 16.9 Å². The molecule has 1 nitrogen and oxygen atoms in total. The van der Waals surface area contributed by atoms with Crippen molar-refractivity contribution >= 4 is 22.1 Å². The van der Waals surface area contributed by atoms with Crippen LogP contribution >= 0.6 is 0 Å². The number of fused-ring (bicyclic) bond motifs is 3. The highest BCUT2D eigenvalue weighted by atomic mass is 14.9. The van der Waals surface area contributed by atoms with Crippen LogP contribution < -0.4 is 5.32 Å². The quantitative estimate of drug-likeness (QED) is 0.293. The highest BCUT2D eigenvalue weighted by Crippen LogP contribution is 2.55. The van der Waals surface area contributed by atoms with Gasteiger partial charge in [-0.15, -0.1) is 0 Å². The number of nitrogens with one attached hydrogen (secondary N) is 1. The van der Waals surface area contributed by atoms with Crippen LogP contribution in [0.15, 0.2) is 84.9 Å². The topological polar surface area (TPSA) is 12.0 Å². The molecule has 2 aliphatic rings. The molecule has 2 bridgehead atoms. The van der Waals surface area contributed by atoms with E-state index >= 15 is 0 Å². The molecule has 1 N–H and O–H groups in total. The Hall–Kier alpha value is -3.06. The Morgan fingerprint density at radius 1 is 0.632 bits per heavy atom. The average molecular weight is 502 g/mol. The lowest BCUT2D eigenvalue weighted by Gasteiger charge is -2.51. The second kappa shape index (κ2) is 9.60. The van der Waals surface area contributed by atoms with E-state index in [2.05, 4.69) is 125 Å². The van der Waals surface area contributed by atoms with E-state index < -0.39 is 0 Å². The lowest BCUT2D eigenvalue weighted by Crippen LogP contribution is -2.42. The lowest BCUT2D eigenvalue weighted by atomic mass is 9.54. The monoisotopic (exact) mass is 501 g/mol. The van der Waals surface area contributed by atoms with Crippen molar-refractivity contribution in [1.82, 2.24) is 0 Å². The van der Waals surface area contributed by atoms with E-state index in [0.717, 1.165) is 17.8 Å². The molecule has 4 aromatic carbocycles. The van der Waals surface area contributed by atoms with Crippen molar-refractivity contribution < 1.29 is 0 Å². The summed E-state index contributed by atoms with van der Waals surface area (Å²) >= 11 is 0. The number of benzene rings is 4. The Morgan fingerprint density at radius 3 is 1.95 bits per heavy atom. The molecule has 2 aliphatic carbocycles. The van der Waals surface area contributed by atoms with E-state index in [9.17, 15) is 0 Å². The van der Waals surface area contributed by atoms with Crippen LogP contribution in [-0.2, 0) is 10.8 Å². The molecule has 0 aromatic heterocycles. The molecule has 0 aliphatic heterocycles. The summed E-state index contributed by atoms with van der Waals surface area (Å²) in [5.41, 5.74) is 8.37. The van der Waals surface area contributed by atoms with Crippen molar-refractivity contribution in [3.8, 4) is 11.1 Å². The minimum atomic E-state index is 0.0975. The molecule has 196 valence electrons.